The summed E-state index contributed by atoms with van der Waals surface area (Å²) in [5, 5.41) is 0.772. The van der Waals surface area contributed by atoms with Gasteiger partial charge in [-0.2, -0.15) is 0 Å². The van der Waals surface area contributed by atoms with E-state index in [1.54, 1.807) is 0 Å². The molecule has 88 valence electrons. The van der Waals surface area contributed by atoms with E-state index >= 15 is 0 Å². The fraction of sp³-hybridized carbons (Fsp3) is 0.417. The number of nitrogens with zero attached hydrogens (tertiary/aromatic N) is 1. The number of rotatable bonds is 5. The topological polar surface area (TPSA) is 29.3 Å². The second-order valence-electron chi connectivity index (χ2n) is 4.13. The summed E-state index contributed by atoms with van der Waals surface area (Å²) in [4.78, 5) is 2.76. The van der Waals surface area contributed by atoms with E-state index in [0.29, 0.717) is 4.99 Å². The summed E-state index contributed by atoms with van der Waals surface area (Å²) in [5.74, 6) is 0.235. The van der Waals surface area contributed by atoms with Gasteiger partial charge in [0.2, 0.25) is 0 Å². The van der Waals surface area contributed by atoms with Crippen molar-refractivity contribution in [2.45, 2.75) is 13.5 Å². The quantitative estimate of drug-likeness (QED) is 0.822. The summed E-state index contributed by atoms with van der Waals surface area (Å²) in [5.41, 5.74) is 6.78. The van der Waals surface area contributed by atoms with Crippen LogP contribution in [0.2, 0.25) is 5.02 Å². The van der Waals surface area contributed by atoms with Gasteiger partial charge in [-0.15, -0.1) is 0 Å². The summed E-state index contributed by atoms with van der Waals surface area (Å²) in [6, 6.07) is 7.88. The molecule has 1 rings (SSSR count). The van der Waals surface area contributed by atoms with Crippen molar-refractivity contribution in [3.05, 3.63) is 34.9 Å². The van der Waals surface area contributed by atoms with Crippen LogP contribution in [0.5, 0.6) is 0 Å². The first-order valence-corrected chi connectivity index (χ1v) is 6.00. The van der Waals surface area contributed by atoms with Crippen LogP contribution >= 0.6 is 23.8 Å². The van der Waals surface area contributed by atoms with Gasteiger partial charge in [-0.3, -0.25) is 0 Å². The zero-order chi connectivity index (χ0) is 12.1. The first-order chi connectivity index (χ1) is 7.49. The number of benzene rings is 1. The first kappa shape index (κ1) is 13.4. The van der Waals surface area contributed by atoms with Crippen LogP contribution in [0, 0.1) is 5.92 Å². The Morgan fingerprint density at radius 2 is 2.25 bits per heavy atom. The second kappa shape index (κ2) is 6.18. The van der Waals surface area contributed by atoms with Gasteiger partial charge in [-0.25, -0.2) is 0 Å². The van der Waals surface area contributed by atoms with Gasteiger partial charge in [0.25, 0.3) is 0 Å². The first-order valence-electron chi connectivity index (χ1n) is 5.21. The number of halogens is 1. The molecule has 0 heterocycles. The minimum atomic E-state index is 0.235. The molecule has 0 saturated heterocycles. The average molecular weight is 257 g/mol. The third kappa shape index (κ3) is 4.47. The molecule has 1 aromatic carbocycles. The standard InChI is InChI=1S/C12H17ClN2S/c1-9(12(14)16)7-15(2)8-10-4-3-5-11(13)6-10/h3-6,9H,7-8H2,1-2H3,(H2,14,16). The highest BCUT2D eigenvalue weighted by Crippen LogP contribution is 2.12. The minimum absolute atomic E-state index is 0.235. The Balaban J connectivity index is 2.51. The third-order valence-electron chi connectivity index (χ3n) is 2.41. The van der Waals surface area contributed by atoms with Crippen LogP contribution in [-0.2, 0) is 6.54 Å². The van der Waals surface area contributed by atoms with Crippen LogP contribution in [0.25, 0.3) is 0 Å². The van der Waals surface area contributed by atoms with Crippen molar-refractivity contribution in [1.29, 1.82) is 0 Å². The van der Waals surface area contributed by atoms with Gasteiger partial charge in [-0.05, 0) is 24.7 Å². The van der Waals surface area contributed by atoms with Crippen LogP contribution in [0.1, 0.15) is 12.5 Å². The summed E-state index contributed by atoms with van der Waals surface area (Å²) >= 11 is 10.9. The van der Waals surface area contributed by atoms with E-state index in [2.05, 4.69) is 18.0 Å². The second-order valence-corrected chi connectivity index (χ2v) is 5.04. The third-order valence-corrected chi connectivity index (χ3v) is 3.05. The zero-order valence-electron chi connectivity index (χ0n) is 9.61. The van der Waals surface area contributed by atoms with E-state index < -0.39 is 0 Å². The SMILES string of the molecule is CC(CN(C)Cc1cccc(Cl)c1)C(N)=S. The number of hydrogen-bond donors (Lipinski definition) is 1. The smallest absolute Gasteiger partial charge is 0.0768 e. The van der Waals surface area contributed by atoms with Gasteiger partial charge in [0.1, 0.15) is 0 Å². The molecule has 0 spiro atoms. The predicted octanol–water partition coefficient (Wildman–Crippen LogP) is 2.69. The fourth-order valence-electron chi connectivity index (χ4n) is 1.57. The zero-order valence-corrected chi connectivity index (χ0v) is 11.2. The molecule has 0 aliphatic carbocycles. The highest BCUT2D eigenvalue weighted by atomic mass is 35.5. The van der Waals surface area contributed by atoms with E-state index in [9.17, 15) is 0 Å². The van der Waals surface area contributed by atoms with Gasteiger partial charge in [0.15, 0.2) is 0 Å². The maximum Gasteiger partial charge on any atom is 0.0768 e. The Bertz CT molecular complexity index is 368. The lowest BCUT2D eigenvalue weighted by molar-refractivity contribution is 0.308. The molecule has 2 N–H and O–H groups in total. The van der Waals surface area contributed by atoms with Crippen molar-refractivity contribution >= 4 is 28.8 Å². The molecule has 0 aliphatic heterocycles. The molecular weight excluding hydrogens is 240 g/mol. The number of hydrogen-bond acceptors (Lipinski definition) is 2. The van der Waals surface area contributed by atoms with Gasteiger partial charge in [0.05, 0.1) is 4.99 Å². The number of nitrogens with two attached hydrogens (primary N) is 1. The van der Waals surface area contributed by atoms with E-state index in [4.69, 9.17) is 29.6 Å². The van der Waals surface area contributed by atoms with Crippen molar-refractivity contribution < 1.29 is 0 Å². The van der Waals surface area contributed by atoms with Gasteiger partial charge < -0.3 is 10.6 Å². The Morgan fingerprint density at radius 3 is 2.81 bits per heavy atom. The molecule has 0 fully saturated rings. The van der Waals surface area contributed by atoms with Crippen LogP contribution in [0.4, 0.5) is 0 Å². The molecule has 0 aliphatic rings. The Morgan fingerprint density at radius 1 is 1.56 bits per heavy atom. The molecule has 4 heteroatoms. The molecule has 1 atom stereocenters. The summed E-state index contributed by atoms with van der Waals surface area (Å²) < 4.78 is 0. The van der Waals surface area contributed by atoms with Gasteiger partial charge in [0, 0.05) is 24.0 Å². The van der Waals surface area contributed by atoms with E-state index in [0.717, 1.165) is 18.1 Å². The average Bonchev–Trinajstić information content (AvgIpc) is 2.16. The molecular formula is C12H17ClN2S. The summed E-state index contributed by atoms with van der Waals surface area (Å²) in [7, 11) is 2.05. The molecule has 0 amide bonds. The van der Waals surface area contributed by atoms with Gasteiger partial charge in [-0.1, -0.05) is 42.9 Å². The normalized spacial score (nSPS) is 12.8. The van der Waals surface area contributed by atoms with Crippen molar-refractivity contribution in [3.8, 4) is 0 Å². The Hall–Kier alpha value is -0.640. The van der Waals surface area contributed by atoms with Crippen molar-refractivity contribution in [2.75, 3.05) is 13.6 Å². The van der Waals surface area contributed by atoms with Gasteiger partial charge >= 0.3 is 0 Å². The molecule has 0 radical (unpaired) electrons. The lowest BCUT2D eigenvalue weighted by Gasteiger charge is -2.20. The highest BCUT2D eigenvalue weighted by Gasteiger charge is 2.09. The van der Waals surface area contributed by atoms with Crippen LogP contribution < -0.4 is 5.73 Å². The fourth-order valence-corrected chi connectivity index (χ4v) is 1.86. The molecule has 0 saturated carbocycles. The summed E-state index contributed by atoms with van der Waals surface area (Å²) in [6.45, 7) is 3.76. The monoisotopic (exact) mass is 256 g/mol. The lowest BCUT2D eigenvalue weighted by Crippen LogP contribution is -2.31. The van der Waals surface area contributed by atoms with E-state index in [-0.39, 0.29) is 5.92 Å². The minimum Gasteiger partial charge on any atom is -0.393 e. The molecule has 0 bridgehead atoms. The van der Waals surface area contributed by atoms with E-state index in [1.165, 1.54) is 5.56 Å². The van der Waals surface area contributed by atoms with Crippen molar-refractivity contribution in [2.24, 2.45) is 11.7 Å². The molecule has 0 aromatic heterocycles. The van der Waals surface area contributed by atoms with E-state index in [1.807, 2.05) is 25.1 Å². The molecule has 1 aromatic rings. The molecule has 16 heavy (non-hydrogen) atoms. The summed E-state index contributed by atoms with van der Waals surface area (Å²) in [6.07, 6.45) is 0. The Kier molecular flexibility index (Phi) is 5.19. The van der Waals surface area contributed by atoms with Crippen LogP contribution in [-0.4, -0.2) is 23.5 Å². The molecule has 1 unspecified atom stereocenters. The predicted molar refractivity (Wildman–Crippen MR) is 73.7 cm³/mol. The highest BCUT2D eigenvalue weighted by molar-refractivity contribution is 7.80. The lowest BCUT2D eigenvalue weighted by atomic mass is 10.1. The number of thiocarbonyl (C=S) groups is 1. The van der Waals surface area contributed by atoms with Crippen molar-refractivity contribution in [3.63, 3.8) is 0 Å². The van der Waals surface area contributed by atoms with Crippen LogP contribution in [0.3, 0.4) is 0 Å². The Labute approximate surface area is 107 Å². The molecule has 2 nitrogen and oxygen atoms in total. The largest absolute Gasteiger partial charge is 0.393 e. The van der Waals surface area contributed by atoms with Crippen molar-refractivity contribution in [1.82, 2.24) is 4.90 Å². The van der Waals surface area contributed by atoms with Crippen LogP contribution in [0.15, 0.2) is 24.3 Å². The maximum absolute atomic E-state index is 5.93. The maximum atomic E-state index is 5.93.